The van der Waals surface area contributed by atoms with Gasteiger partial charge >= 0.3 is 11.9 Å². The van der Waals surface area contributed by atoms with Crippen molar-refractivity contribution in [3.8, 4) is 5.75 Å². The van der Waals surface area contributed by atoms with Gasteiger partial charge in [-0.2, -0.15) is 0 Å². The molecule has 0 aliphatic rings. The van der Waals surface area contributed by atoms with Crippen LogP contribution in [0.25, 0.3) is 16.3 Å². The smallest absolute Gasteiger partial charge is 0.341 e. The van der Waals surface area contributed by atoms with Crippen molar-refractivity contribution in [2.24, 2.45) is 0 Å². The first-order valence-electron chi connectivity index (χ1n) is 9.43. The Balaban J connectivity index is 2.15. The molecule has 0 spiro atoms. The molecule has 2 aromatic carbocycles. The van der Waals surface area contributed by atoms with Crippen LogP contribution in [0.4, 0.5) is 0 Å². The summed E-state index contributed by atoms with van der Waals surface area (Å²) in [6.07, 6.45) is 1.66. The van der Waals surface area contributed by atoms with Crippen LogP contribution in [-0.4, -0.2) is 43.5 Å². The summed E-state index contributed by atoms with van der Waals surface area (Å²) in [6.45, 7) is 0. The number of carbonyl (C=O) groups is 3. The number of aromatic nitrogens is 1. The predicted molar refractivity (Wildman–Crippen MR) is 114 cm³/mol. The molecule has 2 heterocycles. The van der Waals surface area contributed by atoms with Crippen LogP contribution < -0.4 is 4.74 Å². The van der Waals surface area contributed by atoms with Gasteiger partial charge < -0.3 is 18.6 Å². The highest BCUT2D eigenvalue weighted by atomic mass is 16.5. The Labute approximate surface area is 177 Å². The second kappa shape index (κ2) is 7.95. The molecule has 31 heavy (non-hydrogen) atoms. The van der Waals surface area contributed by atoms with Crippen molar-refractivity contribution in [1.29, 1.82) is 0 Å². The van der Waals surface area contributed by atoms with Crippen molar-refractivity contribution < 1.29 is 28.6 Å². The van der Waals surface area contributed by atoms with E-state index in [0.717, 1.165) is 5.39 Å². The molecule has 4 aromatic rings. The van der Waals surface area contributed by atoms with E-state index in [9.17, 15) is 14.4 Å². The summed E-state index contributed by atoms with van der Waals surface area (Å²) in [5.74, 6) is -1.51. The van der Waals surface area contributed by atoms with Gasteiger partial charge in [-0.3, -0.25) is 4.79 Å². The lowest BCUT2D eigenvalue weighted by Crippen LogP contribution is -2.15. The first-order chi connectivity index (χ1) is 15.0. The van der Waals surface area contributed by atoms with Gasteiger partial charge in [0.25, 0.3) is 0 Å². The Kier molecular flexibility index (Phi) is 5.17. The van der Waals surface area contributed by atoms with Crippen molar-refractivity contribution in [1.82, 2.24) is 4.40 Å². The summed E-state index contributed by atoms with van der Waals surface area (Å²) in [7, 11) is 3.92. The largest absolute Gasteiger partial charge is 0.497 e. The van der Waals surface area contributed by atoms with E-state index in [1.165, 1.54) is 21.3 Å². The number of esters is 2. The van der Waals surface area contributed by atoms with Gasteiger partial charge in [0.2, 0.25) is 5.78 Å². The van der Waals surface area contributed by atoms with Crippen LogP contribution in [-0.2, 0) is 9.47 Å². The third-order valence-corrected chi connectivity index (χ3v) is 5.15. The molecule has 0 atom stereocenters. The third kappa shape index (κ3) is 3.20. The molecule has 0 bridgehead atoms. The zero-order valence-electron chi connectivity index (χ0n) is 17.2. The standard InChI is InChI=1S/C24H19NO6/c1-29-16-9-6-8-15(13-16)22(26)21-19(24(28)31-3)18(23(27)30-2)20-17-10-5-4-7-14(17)11-12-25(20)21/h4-13H,1-3H3. The summed E-state index contributed by atoms with van der Waals surface area (Å²) >= 11 is 0. The van der Waals surface area contributed by atoms with Gasteiger partial charge in [-0.1, -0.05) is 36.4 Å². The molecule has 0 saturated carbocycles. The summed E-state index contributed by atoms with van der Waals surface area (Å²) in [4.78, 5) is 39.2. The number of pyridine rings is 1. The maximum Gasteiger partial charge on any atom is 0.341 e. The number of hydrogen-bond donors (Lipinski definition) is 0. The lowest BCUT2D eigenvalue weighted by atomic mass is 10.0. The van der Waals surface area contributed by atoms with Crippen LogP contribution in [0, 0.1) is 0 Å². The minimum atomic E-state index is -0.806. The van der Waals surface area contributed by atoms with Crippen LogP contribution in [0.2, 0.25) is 0 Å². The number of fused-ring (bicyclic) bond motifs is 3. The minimum absolute atomic E-state index is 0.0151. The molecule has 0 N–H and O–H groups in total. The molecule has 0 amide bonds. The maximum absolute atomic E-state index is 13.6. The second-order valence-corrected chi connectivity index (χ2v) is 6.76. The van der Waals surface area contributed by atoms with Crippen molar-refractivity contribution in [3.05, 3.63) is 83.2 Å². The summed E-state index contributed by atoms with van der Waals surface area (Å²) in [5, 5.41) is 1.54. The summed E-state index contributed by atoms with van der Waals surface area (Å²) in [5.41, 5.74) is 0.558. The fourth-order valence-corrected chi connectivity index (χ4v) is 3.74. The number of rotatable bonds is 5. The predicted octanol–water partition coefficient (Wildman–Crippen LogP) is 3.91. The highest BCUT2D eigenvalue weighted by molar-refractivity contribution is 6.22. The van der Waals surface area contributed by atoms with Gasteiger partial charge in [0.05, 0.1) is 26.8 Å². The lowest BCUT2D eigenvalue weighted by Gasteiger charge is -2.08. The van der Waals surface area contributed by atoms with Crippen LogP contribution in [0.5, 0.6) is 5.75 Å². The number of nitrogens with zero attached hydrogens (tertiary/aromatic N) is 1. The molecule has 0 fully saturated rings. The first kappa shape index (κ1) is 20.2. The fraction of sp³-hybridized carbons (Fsp3) is 0.125. The Morgan fingerprint density at radius 3 is 2.23 bits per heavy atom. The molecular formula is C24H19NO6. The number of methoxy groups -OCH3 is 3. The van der Waals surface area contributed by atoms with E-state index in [2.05, 4.69) is 0 Å². The Morgan fingerprint density at radius 2 is 1.52 bits per heavy atom. The van der Waals surface area contributed by atoms with Gasteiger partial charge in [0.15, 0.2) is 0 Å². The van der Waals surface area contributed by atoms with Crippen LogP contribution >= 0.6 is 0 Å². The maximum atomic E-state index is 13.6. The Morgan fingerprint density at radius 1 is 0.806 bits per heavy atom. The number of ether oxygens (including phenoxy) is 3. The zero-order valence-corrected chi connectivity index (χ0v) is 17.2. The molecule has 0 saturated heterocycles. The van der Waals surface area contributed by atoms with Gasteiger partial charge in [0, 0.05) is 17.1 Å². The van der Waals surface area contributed by atoms with Crippen LogP contribution in [0.15, 0.2) is 60.8 Å². The molecular weight excluding hydrogens is 398 g/mol. The van der Waals surface area contributed by atoms with Gasteiger partial charge in [-0.25, -0.2) is 9.59 Å². The fourth-order valence-electron chi connectivity index (χ4n) is 3.74. The van der Waals surface area contributed by atoms with E-state index in [1.807, 2.05) is 30.3 Å². The van der Waals surface area contributed by atoms with Crippen molar-refractivity contribution in [2.75, 3.05) is 21.3 Å². The molecule has 0 aliphatic heterocycles. The van der Waals surface area contributed by atoms with Crippen molar-refractivity contribution >= 4 is 34.0 Å². The topological polar surface area (TPSA) is 83.3 Å². The molecule has 7 heteroatoms. The van der Waals surface area contributed by atoms with Crippen LogP contribution in [0.1, 0.15) is 36.8 Å². The number of carbonyl (C=O) groups excluding carboxylic acids is 3. The van der Waals surface area contributed by atoms with Gasteiger partial charge in [-0.15, -0.1) is 0 Å². The molecule has 2 aromatic heterocycles. The lowest BCUT2D eigenvalue weighted by molar-refractivity contribution is 0.0556. The van der Waals surface area contributed by atoms with Gasteiger partial charge in [0.1, 0.15) is 22.6 Å². The average molecular weight is 417 g/mol. The molecule has 0 unspecified atom stereocenters. The molecule has 0 aliphatic carbocycles. The third-order valence-electron chi connectivity index (χ3n) is 5.15. The van der Waals surface area contributed by atoms with E-state index in [1.54, 1.807) is 34.9 Å². The highest BCUT2D eigenvalue weighted by Gasteiger charge is 2.33. The van der Waals surface area contributed by atoms with E-state index in [-0.39, 0.29) is 16.8 Å². The first-order valence-corrected chi connectivity index (χ1v) is 9.43. The molecule has 4 rings (SSSR count). The second-order valence-electron chi connectivity index (χ2n) is 6.76. The minimum Gasteiger partial charge on any atom is -0.497 e. The molecule has 0 radical (unpaired) electrons. The molecule has 7 nitrogen and oxygen atoms in total. The Hall–Kier alpha value is -4.13. The van der Waals surface area contributed by atoms with E-state index < -0.39 is 17.7 Å². The van der Waals surface area contributed by atoms with E-state index in [4.69, 9.17) is 14.2 Å². The summed E-state index contributed by atoms with van der Waals surface area (Å²) in [6, 6.07) is 15.8. The number of ketones is 1. The zero-order chi connectivity index (χ0) is 22.1. The van der Waals surface area contributed by atoms with E-state index >= 15 is 0 Å². The van der Waals surface area contributed by atoms with Crippen molar-refractivity contribution in [3.63, 3.8) is 0 Å². The summed E-state index contributed by atoms with van der Waals surface area (Å²) < 4.78 is 16.7. The number of benzene rings is 2. The normalized spacial score (nSPS) is 10.8. The van der Waals surface area contributed by atoms with Gasteiger partial charge in [-0.05, 0) is 23.6 Å². The molecule has 156 valence electrons. The monoisotopic (exact) mass is 417 g/mol. The van der Waals surface area contributed by atoms with Crippen molar-refractivity contribution in [2.45, 2.75) is 0 Å². The SMILES string of the molecule is COC(=O)c1c(C(=O)OC)c2c3ccccc3ccn2c1C(=O)c1cccc(OC)c1. The average Bonchev–Trinajstić information content (AvgIpc) is 3.18. The highest BCUT2D eigenvalue weighted by Crippen LogP contribution is 2.33. The Bertz CT molecular complexity index is 1350. The van der Waals surface area contributed by atoms with E-state index in [0.29, 0.717) is 22.2 Å². The van der Waals surface area contributed by atoms with Crippen LogP contribution in [0.3, 0.4) is 0 Å². The number of hydrogen-bond acceptors (Lipinski definition) is 6. The quantitative estimate of drug-likeness (QED) is 0.362.